The lowest BCUT2D eigenvalue weighted by atomic mass is 10.1. The number of carbonyl (C=O) groups excluding carboxylic acids is 1. The number of imidazole rings is 1. The zero-order valence-electron chi connectivity index (χ0n) is 8.18. The minimum atomic E-state index is -1.20. The third kappa shape index (κ3) is 1.70. The topological polar surface area (TPSA) is 83.0 Å². The van der Waals surface area contributed by atoms with Gasteiger partial charge in [-0.05, 0) is 0 Å². The van der Waals surface area contributed by atoms with Gasteiger partial charge < -0.3 is 10.1 Å². The molecule has 0 atom stereocenters. The molecule has 0 bridgehead atoms. The number of carboxylic acids is 1. The van der Waals surface area contributed by atoms with Gasteiger partial charge in [-0.1, -0.05) is 30.3 Å². The summed E-state index contributed by atoms with van der Waals surface area (Å²) < 4.78 is 0. The Bertz CT molecular complexity index is 531. The fraction of sp³-hybridized carbons (Fsp3) is 0. The highest BCUT2D eigenvalue weighted by atomic mass is 16.4. The molecule has 0 saturated heterocycles. The quantitative estimate of drug-likeness (QED) is 0.758. The second-order valence-electron chi connectivity index (χ2n) is 3.13. The second-order valence-corrected chi connectivity index (χ2v) is 3.13. The van der Waals surface area contributed by atoms with Crippen LogP contribution >= 0.6 is 0 Å². The standard InChI is InChI=1S/C11H8N2O3/c14-10(7-4-2-1-3-5-7)8-9(11(15)16)13-6-12-8/h1-6H,(H,12,13)(H,15,16). The number of aromatic amines is 1. The molecule has 0 aliphatic carbocycles. The number of rotatable bonds is 3. The molecule has 16 heavy (non-hydrogen) atoms. The third-order valence-corrected chi connectivity index (χ3v) is 2.10. The first-order valence-electron chi connectivity index (χ1n) is 4.56. The predicted molar refractivity (Wildman–Crippen MR) is 55.4 cm³/mol. The molecule has 1 heterocycles. The number of nitrogens with one attached hydrogen (secondary N) is 1. The lowest BCUT2D eigenvalue weighted by Crippen LogP contribution is -2.09. The first-order valence-corrected chi connectivity index (χ1v) is 4.56. The fourth-order valence-corrected chi connectivity index (χ4v) is 1.36. The minimum Gasteiger partial charge on any atom is -0.477 e. The molecule has 2 rings (SSSR count). The maximum Gasteiger partial charge on any atom is 0.354 e. The molecule has 2 N–H and O–H groups in total. The zero-order valence-corrected chi connectivity index (χ0v) is 8.18. The maximum absolute atomic E-state index is 11.9. The van der Waals surface area contributed by atoms with Gasteiger partial charge in [0.25, 0.3) is 0 Å². The average Bonchev–Trinajstić information content (AvgIpc) is 2.78. The van der Waals surface area contributed by atoms with Gasteiger partial charge in [-0.25, -0.2) is 9.78 Å². The van der Waals surface area contributed by atoms with E-state index in [0.29, 0.717) is 5.56 Å². The van der Waals surface area contributed by atoms with E-state index < -0.39 is 11.8 Å². The van der Waals surface area contributed by atoms with E-state index in [1.807, 2.05) is 0 Å². The Balaban J connectivity index is 2.42. The zero-order chi connectivity index (χ0) is 11.5. The number of nitrogens with zero attached hydrogens (tertiary/aromatic N) is 1. The Hall–Kier alpha value is -2.43. The van der Waals surface area contributed by atoms with Crippen LogP contribution in [0.15, 0.2) is 36.7 Å². The van der Waals surface area contributed by atoms with Crippen molar-refractivity contribution < 1.29 is 14.7 Å². The van der Waals surface area contributed by atoms with E-state index in [-0.39, 0.29) is 11.4 Å². The van der Waals surface area contributed by atoms with Gasteiger partial charge in [0.05, 0.1) is 6.33 Å². The molecule has 0 saturated carbocycles. The Kier molecular flexibility index (Phi) is 2.51. The summed E-state index contributed by atoms with van der Waals surface area (Å²) in [6.07, 6.45) is 1.19. The molecule has 1 aromatic heterocycles. The van der Waals surface area contributed by atoms with Crippen molar-refractivity contribution in [1.29, 1.82) is 0 Å². The van der Waals surface area contributed by atoms with E-state index in [1.54, 1.807) is 30.3 Å². The number of H-pyrrole nitrogens is 1. The maximum atomic E-state index is 11.9. The van der Waals surface area contributed by atoms with Crippen LogP contribution in [0.1, 0.15) is 26.5 Å². The van der Waals surface area contributed by atoms with Crippen LogP contribution in [0.3, 0.4) is 0 Å². The van der Waals surface area contributed by atoms with E-state index in [1.165, 1.54) is 6.33 Å². The van der Waals surface area contributed by atoms with Gasteiger partial charge in [-0.15, -0.1) is 0 Å². The minimum absolute atomic E-state index is 0.0706. The van der Waals surface area contributed by atoms with E-state index >= 15 is 0 Å². The lowest BCUT2D eigenvalue weighted by Gasteiger charge is -1.98. The molecule has 2 aromatic rings. The molecule has 1 aromatic carbocycles. The van der Waals surface area contributed by atoms with Crippen molar-refractivity contribution in [2.75, 3.05) is 0 Å². The number of benzene rings is 1. The summed E-state index contributed by atoms with van der Waals surface area (Å²) in [7, 11) is 0. The molecule has 5 nitrogen and oxygen atoms in total. The van der Waals surface area contributed by atoms with Gasteiger partial charge in [0, 0.05) is 5.56 Å². The molecule has 0 aliphatic heterocycles. The van der Waals surface area contributed by atoms with Crippen LogP contribution < -0.4 is 0 Å². The molecule has 0 fully saturated rings. The summed E-state index contributed by atoms with van der Waals surface area (Å²) >= 11 is 0. The first-order chi connectivity index (χ1) is 7.70. The lowest BCUT2D eigenvalue weighted by molar-refractivity contribution is 0.0687. The number of ketones is 1. The Morgan fingerprint density at radius 3 is 2.50 bits per heavy atom. The fourth-order valence-electron chi connectivity index (χ4n) is 1.36. The third-order valence-electron chi connectivity index (χ3n) is 2.10. The van der Waals surface area contributed by atoms with Crippen LogP contribution in [0, 0.1) is 0 Å². The summed E-state index contributed by atoms with van der Waals surface area (Å²) in [6.45, 7) is 0. The second kappa shape index (κ2) is 3.98. The largest absolute Gasteiger partial charge is 0.477 e. The van der Waals surface area contributed by atoms with Crippen molar-refractivity contribution in [2.24, 2.45) is 0 Å². The van der Waals surface area contributed by atoms with Gasteiger partial charge >= 0.3 is 5.97 Å². The van der Waals surface area contributed by atoms with Crippen molar-refractivity contribution in [2.45, 2.75) is 0 Å². The molecular weight excluding hydrogens is 208 g/mol. The summed E-state index contributed by atoms with van der Waals surface area (Å²) in [5.74, 6) is -1.60. The molecule has 0 amide bonds. The van der Waals surface area contributed by atoms with Crippen LogP contribution in [0.2, 0.25) is 0 Å². The number of hydrogen-bond acceptors (Lipinski definition) is 3. The highest BCUT2D eigenvalue weighted by molar-refractivity contribution is 6.12. The first kappa shape index (κ1) is 10.1. The van der Waals surface area contributed by atoms with Crippen LogP contribution in [-0.2, 0) is 0 Å². The summed E-state index contributed by atoms with van der Waals surface area (Å²) in [5, 5.41) is 8.83. The number of carbonyl (C=O) groups is 2. The highest BCUT2D eigenvalue weighted by Crippen LogP contribution is 2.10. The molecule has 0 spiro atoms. The van der Waals surface area contributed by atoms with Crippen molar-refractivity contribution in [3.63, 3.8) is 0 Å². The van der Waals surface area contributed by atoms with Crippen LogP contribution in [0.25, 0.3) is 0 Å². The Labute approximate surface area is 90.8 Å². The van der Waals surface area contributed by atoms with Crippen LogP contribution in [0.5, 0.6) is 0 Å². The van der Waals surface area contributed by atoms with Gasteiger partial charge in [-0.3, -0.25) is 4.79 Å². The Morgan fingerprint density at radius 2 is 1.88 bits per heavy atom. The number of aromatic carboxylic acids is 1. The van der Waals surface area contributed by atoms with Crippen molar-refractivity contribution >= 4 is 11.8 Å². The molecule has 0 unspecified atom stereocenters. The van der Waals surface area contributed by atoms with Gasteiger partial charge in [0.2, 0.25) is 5.78 Å². The monoisotopic (exact) mass is 216 g/mol. The molecule has 80 valence electrons. The van der Waals surface area contributed by atoms with Gasteiger partial charge in [-0.2, -0.15) is 0 Å². The number of hydrogen-bond donors (Lipinski definition) is 2. The van der Waals surface area contributed by atoms with E-state index in [2.05, 4.69) is 9.97 Å². The van der Waals surface area contributed by atoms with E-state index in [0.717, 1.165) is 0 Å². The summed E-state index contributed by atoms with van der Waals surface area (Å²) in [6, 6.07) is 8.42. The SMILES string of the molecule is O=C(c1ccccc1)c1nc[nH]c1C(=O)O. The number of carboxylic acid groups (broad SMARTS) is 1. The molecule has 0 radical (unpaired) electrons. The summed E-state index contributed by atoms with van der Waals surface area (Å²) in [4.78, 5) is 28.8. The van der Waals surface area contributed by atoms with E-state index in [9.17, 15) is 9.59 Å². The van der Waals surface area contributed by atoms with Crippen LogP contribution in [-0.4, -0.2) is 26.8 Å². The summed E-state index contributed by atoms with van der Waals surface area (Å²) in [5.41, 5.74) is 0.157. The average molecular weight is 216 g/mol. The Morgan fingerprint density at radius 1 is 1.19 bits per heavy atom. The van der Waals surface area contributed by atoms with Crippen molar-refractivity contribution in [1.82, 2.24) is 9.97 Å². The van der Waals surface area contributed by atoms with Crippen molar-refractivity contribution in [3.8, 4) is 0 Å². The van der Waals surface area contributed by atoms with Gasteiger partial charge in [0.1, 0.15) is 5.69 Å². The molecule has 5 heteroatoms. The number of aromatic nitrogens is 2. The normalized spacial score (nSPS) is 10.0. The molecular formula is C11H8N2O3. The molecule has 0 aliphatic rings. The smallest absolute Gasteiger partial charge is 0.354 e. The van der Waals surface area contributed by atoms with E-state index in [4.69, 9.17) is 5.11 Å². The van der Waals surface area contributed by atoms with Crippen molar-refractivity contribution in [3.05, 3.63) is 53.6 Å². The highest BCUT2D eigenvalue weighted by Gasteiger charge is 2.20. The van der Waals surface area contributed by atoms with Gasteiger partial charge in [0.15, 0.2) is 5.69 Å². The predicted octanol–water partition coefficient (Wildman–Crippen LogP) is 1.34. The van der Waals surface area contributed by atoms with Crippen LogP contribution in [0.4, 0.5) is 0 Å².